The Hall–Kier alpha value is -2.92. The summed E-state index contributed by atoms with van der Waals surface area (Å²) in [4.78, 5) is 20.1. The SMILES string of the molecule is Cc1[nH]cc2c(=O)n(-c3ccc(Cl)cc3)nc-2c1-c1cccnc1. The largest absolute Gasteiger partial charge is 0.364 e. The first-order chi connectivity index (χ1) is 11.6. The van der Waals surface area contributed by atoms with E-state index in [4.69, 9.17) is 11.6 Å². The fraction of sp³-hybridized carbons (Fsp3) is 0.0556. The summed E-state index contributed by atoms with van der Waals surface area (Å²) in [6.07, 6.45) is 5.18. The van der Waals surface area contributed by atoms with E-state index in [2.05, 4.69) is 15.1 Å². The number of aromatic nitrogens is 4. The molecule has 0 spiro atoms. The standard InChI is InChI=1S/C18H13ClN4O/c1-11-16(12-3-2-8-20-9-12)17-15(10-21-11)18(24)23(22-17)14-6-4-13(19)5-7-14/h2-10,21H,1H3. The second-order valence-electron chi connectivity index (χ2n) is 5.49. The second-order valence-corrected chi connectivity index (χ2v) is 5.92. The highest BCUT2D eigenvalue weighted by Gasteiger charge is 2.22. The van der Waals surface area contributed by atoms with Crippen LogP contribution in [0.1, 0.15) is 5.69 Å². The van der Waals surface area contributed by atoms with Crippen LogP contribution in [0.4, 0.5) is 0 Å². The average molecular weight is 337 g/mol. The molecule has 4 rings (SSSR count). The number of nitrogens with zero attached hydrogens (tertiary/aromatic N) is 3. The number of nitrogens with one attached hydrogen (secondary N) is 1. The van der Waals surface area contributed by atoms with Gasteiger partial charge in [-0.3, -0.25) is 9.78 Å². The van der Waals surface area contributed by atoms with Crippen molar-refractivity contribution in [3.63, 3.8) is 0 Å². The lowest BCUT2D eigenvalue weighted by molar-refractivity contribution is 0.858. The van der Waals surface area contributed by atoms with Gasteiger partial charge in [-0.25, -0.2) is 0 Å². The number of benzene rings is 1. The Bertz CT molecular complexity index is 1040. The molecule has 1 aromatic heterocycles. The van der Waals surface area contributed by atoms with Gasteiger partial charge in [0.05, 0.1) is 11.3 Å². The third-order valence-corrected chi connectivity index (χ3v) is 4.20. The number of hydrogen-bond acceptors (Lipinski definition) is 3. The molecule has 0 saturated carbocycles. The Labute approximate surface area is 142 Å². The normalized spacial score (nSPS) is 11.1. The lowest BCUT2D eigenvalue weighted by Gasteiger charge is -2.09. The number of fused-ring (bicyclic) bond motifs is 1. The second kappa shape index (κ2) is 5.62. The predicted molar refractivity (Wildman–Crippen MR) is 93.8 cm³/mol. The molecule has 1 aromatic carbocycles. The number of pyridine rings is 2. The molecule has 0 saturated heterocycles. The maximum Gasteiger partial charge on any atom is 0.282 e. The van der Waals surface area contributed by atoms with Crippen molar-refractivity contribution in [3.8, 4) is 28.1 Å². The highest BCUT2D eigenvalue weighted by atomic mass is 35.5. The van der Waals surface area contributed by atoms with Crippen molar-refractivity contribution in [2.24, 2.45) is 0 Å². The van der Waals surface area contributed by atoms with Gasteiger partial charge in [-0.05, 0) is 37.3 Å². The summed E-state index contributed by atoms with van der Waals surface area (Å²) in [5.41, 5.74) is 4.41. The summed E-state index contributed by atoms with van der Waals surface area (Å²) in [5, 5.41) is 5.18. The van der Waals surface area contributed by atoms with E-state index in [1.807, 2.05) is 19.1 Å². The molecule has 1 N–H and O–H groups in total. The maximum absolute atomic E-state index is 12.7. The predicted octanol–water partition coefficient (Wildman–Crippen LogP) is 3.69. The molecule has 0 amide bonds. The van der Waals surface area contributed by atoms with Gasteiger partial charge >= 0.3 is 0 Å². The van der Waals surface area contributed by atoms with Gasteiger partial charge < -0.3 is 4.98 Å². The van der Waals surface area contributed by atoms with Crippen LogP contribution in [0.25, 0.3) is 28.1 Å². The lowest BCUT2D eigenvalue weighted by atomic mass is 10.0. The van der Waals surface area contributed by atoms with Crippen LogP contribution >= 0.6 is 11.6 Å². The van der Waals surface area contributed by atoms with Crippen molar-refractivity contribution >= 4 is 11.6 Å². The molecule has 2 aliphatic heterocycles. The molecule has 2 aromatic rings. The van der Waals surface area contributed by atoms with Gasteiger partial charge in [0.1, 0.15) is 5.69 Å². The van der Waals surface area contributed by atoms with E-state index in [1.165, 1.54) is 4.68 Å². The first-order valence-corrected chi connectivity index (χ1v) is 7.80. The molecule has 0 radical (unpaired) electrons. The molecule has 118 valence electrons. The Balaban J connectivity index is 2.00. The van der Waals surface area contributed by atoms with Crippen LogP contribution in [0.3, 0.4) is 0 Å². The smallest absolute Gasteiger partial charge is 0.282 e. The van der Waals surface area contributed by atoms with Crippen molar-refractivity contribution in [2.75, 3.05) is 0 Å². The zero-order valence-electron chi connectivity index (χ0n) is 12.8. The molecule has 0 bridgehead atoms. The molecule has 24 heavy (non-hydrogen) atoms. The fourth-order valence-electron chi connectivity index (χ4n) is 2.78. The third-order valence-electron chi connectivity index (χ3n) is 3.94. The van der Waals surface area contributed by atoms with Crippen LogP contribution < -0.4 is 5.56 Å². The van der Waals surface area contributed by atoms with Gasteiger partial charge in [0.2, 0.25) is 0 Å². The summed E-state index contributed by atoms with van der Waals surface area (Å²) < 4.78 is 1.40. The third kappa shape index (κ3) is 2.30. The van der Waals surface area contributed by atoms with Crippen molar-refractivity contribution < 1.29 is 0 Å². The number of halogens is 1. The van der Waals surface area contributed by atoms with E-state index < -0.39 is 0 Å². The Morgan fingerprint density at radius 3 is 2.67 bits per heavy atom. The minimum absolute atomic E-state index is 0.172. The molecule has 0 aliphatic carbocycles. The summed E-state index contributed by atoms with van der Waals surface area (Å²) in [6.45, 7) is 1.95. The molecule has 0 fully saturated rings. The van der Waals surface area contributed by atoms with Gasteiger partial charge in [-0.2, -0.15) is 9.78 Å². The van der Waals surface area contributed by atoms with Gasteiger partial charge in [-0.15, -0.1) is 0 Å². The Morgan fingerprint density at radius 2 is 1.96 bits per heavy atom. The van der Waals surface area contributed by atoms with Gasteiger partial charge in [0.15, 0.2) is 0 Å². The van der Waals surface area contributed by atoms with Crippen LogP contribution in [0, 0.1) is 6.92 Å². The van der Waals surface area contributed by atoms with E-state index in [0.29, 0.717) is 22.0 Å². The van der Waals surface area contributed by atoms with Crippen molar-refractivity contribution in [3.05, 3.63) is 76.1 Å². The van der Waals surface area contributed by atoms with Gasteiger partial charge in [0.25, 0.3) is 5.56 Å². The number of aromatic amines is 1. The first kappa shape index (κ1) is 14.7. The number of hydrogen-bond donors (Lipinski definition) is 1. The molecule has 0 atom stereocenters. The summed E-state index contributed by atoms with van der Waals surface area (Å²) in [7, 11) is 0. The number of aryl methyl sites for hydroxylation is 1. The van der Waals surface area contributed by atoms with Gasteiger partial charge in [0, 0.05) is 40.4 Å². The van der Waals surface area contributed by atoms with E-state index in [0.717, 1.165) is 16.8 Å². The zero-order valence-corrected chi connectivity index (χ0v) is 13.6. The highest BCUT2D eigenvalue weighted by molar-refractivity contribution is 6.30. The topological polar surface area (TPSA) is 63.6 Å². The summed E-state index contributed by atoms with van der Waals surface area (Å²) in [6, 6.07) is 10.8. The van der Waals surface area contributed by atoms with E-state index in [9.17, 15) is 4.79 Å². The quantitative estimate of drug-likeness (QED) is 0.607. The minimum Gasteiger partial charge on any atom is -0.364 e. The molecule has 0 unspecified atom stereocenters. The van der Waals surface area contributed by atoms with Crippen LogP contribution in [0.5, 0.6) is 0 Å². The van der Waals surface area contributed by atoms with E-state index >= 15 is 0 Å². The lowest BCUT2D eigenvalue weighted by Crippen LogP contribution is -2.14. The Kier molecular flexibility index (Phi) is 3.43. The van der Waals surface area contributed by atoms with E-state index in [1.54, 1.807) is 42.9 Å². The van der Waals surface area contributed by atoms with Crippen molar-refractivity contribution in [1.29, 1.82) is 0 Å². The molecular weight excluding hydrogens is 324 g/mol. The maximum atomic E-state index is 12.7. The number of rotatable bonds is 2. The van der Waals surface area contributed by atoms with E-state index in [-0.39, 0.29) is 5.56 Å². The summed E-state index contributed by atoms with van der Waals surface area (Å²) >= 11 is 5.92. The summed E-state index contributed by atoms with van der Waals surface area (Å²) in [5.74, 6) is 0. The number of H-pyrrole nitrogens is 1. The monoisotopic (exact) mass is 336 g/mol. The Morgan fingerprint density at radius 1 is 1.17 bits per heavy atom. The zero-order chi connectivity index (χ0) is 16.7. The highest BCUT2D eigenvalue weighted by Crippen LogP contribution is 2.32. The minimum atomic E-state index is -0.172. The van der Waals surface area contributed by atoms with Crippen molar-refractivity contribution in [1.82, 2.24) is 19.7 Å². The molecule has 5 nitrogen and oxygen atoms in total. The molecule has 2 aliphatic rings. The molecule has 3 heterocycles. The average Bonchev–Trinajstić information content (AvgIpc) is 2.93. The van der Waals surface area contributed by atoms with Crippen LogP contribution in [0.15, 0.2) is 59.8 Å². The van der Waals surface area contributed by atoms with Crippen LogP contribution in [0.2, 0.25) is 5.02 Å². The first-order valence-electron chi connectivity index (χ1n) is 7.42. The van der Waals surface area contributed by atoms with Crippen LogP contribution in [-0.4, -0.2) is 19.7 Å². The van der Waals surface area contributed by atoms with Crippen LogP contribution in [-0.2, 0) is 0 Å². The van der Waals surface area contributed by atoms with Crippen molar-refractivity contribution in [2.45, 2.75) is 6.92 Å². The molecular formula is C18H13ClN4O. The van der Waals surface area contributed by atoms with Gasteiger partial charge in [-0.1, -0.05) is 17.7 Å². The molecule has 6 heteroatoms. The fourth-order valence-corrected chi connectivity index (χ4v) is 2.91.